The molecule has 5 nitrogen and oxygen atoms in total. The summed E-state index contributed by atoms with van der Waals surface area (Å²) >= 11 is 0. The van der Waals surface area contributed by atoms with Crippen LogP contribution in [-0.4, -0.2) is 40.8 Å². The number of amides is 1. The molecular weight excluding hydrogens is 330 g/mol. The van der Waals surface area contributed by atoms with E-state index in [4.69, 9.17) is 4.74 Å². The van der Waals surface area contributed by atoms with Crippen molar-refractivity contribution in [2.45, 2.75) is 37.8 Å². The van der Waals surface area contributed by atoms with Crippen LogP contribution in [0.15, 0.2) is 48.5 Å². The SMILES string of the molecule is CC1CCC(C(=O)O)N1C(=O)OCC1c2ccccc2-c2ccccc21. The number of benzene rings is 2. The molecule has 1 aliphatic heterocycles. The Kier molecular flexibility index (Phi) is 4.15. The summed E-state index contributed by atoms with van der Waals surface area (Å²) in [6.45, 7) is 2.08. The topological polar surface area (TPSA) is 66.8 Å². The molecule has 1 N–H and O–H groups in total. The minimum absolute atomic E-state index is 0.0208. The second-order valence-electron chi connectivity index (χ2n) is 6.99. The Morgan fingerprint density at radius 2 is 1.62 bits per heavy atom. The first-order valence-electron chi connectivity index (χ1n) is 8.94. The van der Waals surface area contributed by atoms with Gasteiger partial charge >= 0.3 is 12.1 Å². The van der Waals surface area contributed by atoms with Gasteiger partial charge in [-0.2, -0.15) is 0 Å². The maximum absolute atomic E-state index is 12.6. The molecular formula is C21H21NO4. The molecule has 4 rings (SSSR count). The van der Waals surface area contributed by atoms with Crippen molar-refractivity contribution in [1.82, 2.24) is 4.90 Å². The maximum Gasteiger partial charge on any atom is 0.410 e. The van der Waals surface area contributed by atoms with Gasteiger partial charge in [0.2, 0.25) is 0 Å². The van der Waals surface area contributed by atoms with E-state index in [1.807, 2.05) is 31.2 Å². The molecule has 1 saturated heterocycles. The molecule has 2 aromatic carbocycles. The summed E-state index contributed by atoms with van der Waals surface area (Å²) in [5.41, 5.74) is 4.63. The molecule has 1 aliphatic carbocycles. The second kappa shape index (κ2) is 6.48. The van der Waals surface area contributed by atoms with E-state index in [9.17, 15) is 14.7 Å². The Morgan fingerprint density at radius 1 is 1.04 bits per heavy atom. The van der Waals surface area contributed by atoms with Crippen LogP contribution in [-0.2, 0) is 9.53 Å². The Hall–Kier alpha value is -2.82. The van der Waals surface area contributed by atoms with Gasteiger partial charge in [-0.05, 0) is 42.0 Å². The molecule has 2 aromatic rings. The summed E-state index contributed by atoms with van der Waals surface area (Å²) in [5, 5.41) is 9.34. The molecule has 0 saturated carbocycles. The van der Waals surface area contributed by atoms with E-state index >= 15 is 0 Å². The van der Waals surface area contributed by atoms with E-state index in [0.29, 0.717) is 12.8 Å². The number of carboxylic acid groups (broad SMARTS) is 1. The number of ether oxygens (including phenoxy) is 1. The fourth-order valence-corrected chi connectivity index (χ4v) is 4.20. The molecule has 2 aliphatic rings. The zero-order chi connectivity index (χ0) is 18.3. The molecule has 1 heterocycles. The van der Waals surface area contributed by atoms with Gasteiger partial charge in [-0.3, -0.25) is 4.90 Å². The van der Waals surface area contributed by atoms with Gasteiger partial charge in [0.25, 0.3) is 0 Å². The van der Waals surface area contributed by atoms with Gasteiger partial charge in [-0.1, -0.05) is 48.5 Å². The summed E-state index contributed by atoms with van der Waals surface area (Å²) in [5.74, 6) is -0.990. The Balaban J connectivity index is 1.55. The lowest BCUT2D eigenvalue weighted by Crippen LogP contribution is -2.44. The van der Waals surface area contributed by atoms with Gasteiger partial charge in [0.15, 0.2) is 0 Å². The Labute approximate surface area is 152 Å². The predicted molar refractivity (Wildman–Crippen MR) is 97.0 cm³/mol. The third kappa shape index (κ3) is 2.64. The van der Waals surface area contributed by atoms with E-state index < -0.39 is 18.1 Å². The van der Waals surface area contributed by atoms with Crippen molar-refractivity contribution in [3.63, 3.8) is 0 Å². The number of fused-ring (bicyclic) bond motifs is 3. The van der Waals surface area contributed by atoms with E-state index in [2.05, 4.69) is 24.3 Å². The molecule has 134 valence electrons. The normalized spacial score (nSPS) is 21.3. The lowest BCUT2D eigenvalue weighted by atomic mass is 9.98. The van der Waals surface area contributed by atoms with Crippen molar-refractivity contribution in [3.8, 4) is 11.1 Å². The van der Waals surface area contributed by atoms with Crippen molar-refractivity contribution in [1.29, 1.82) is 0 Å². The zero-order valence-corrected chi connectivity index (χ0v) is 14.6. The molecule has 0 radical (unpaired) electrons. The number of nitrogens with zero attached hydrogens (tertiary/aromatic N) is 1. The first kappa shape index (κ1) is 16.6. The van der Waals surface area contributed by atoms with Crippen molar-refractivity contribution in [2.24, 2.45) is 0 Å². The number of aliphatic carboxylic acids is 1. The highest BCUT2D eigenvalue weighted by atomic mass is 16.6. The summed E-state index contributed by atoms with van der Waals surface area (Å²) in [7, 11) is 0. The van der Waals surface area contributed by atoms with Crippen LogP contribution in [0, 0.1) is 0 Å². The highest BCUT2D eigenvalue weighted by molar-refractivity contribution is 5.82. The number of rotatable bonds is 3. The lowest BCUT2D eigenvalue weighted by molar-refractivity contribution is -0.142. The van der Waals surface area contributed by atoms with Crippen molar-refractivity contribution < 1.29 is 19.4 Å². The summed E-state index contributed by atoms with van der Waals surface area (Å²) in [4.78, 5) is 25.4. The number of carbonyl (C=O) groups excluding carboxylic acids is 1. The van der Waals surface area contributed by atoms with Crippen LogP contribution in [0.25, 0.3) is 11.1 Å². The number of carbonyl (C=O) groups is 2. The van der Waals surface area contributed by atoms with Crippen molar-refractivity contribution in [2.75, 3.05) is 6.61 Å². The largest absolute Gasteiger partial charge is 0.480 e. The monoisotopic (exact) mass is 351 g/mol. The molecule has 2 atom stereocenters. The molecule has 26 heavy (non-hydrogen) atoms. The average Bonchev–Trinajstić information content (AvgIpc) is 3.18. The van der Waals surface area contributed by atoms with Crippen LogP contribution in [0.1, 0.15) is 36.8 Å². The fourth-order valence-electron chi connectivity index (χ4n) is 4.20. The Morgan fingerprint density at radius 3 is 2.19 bits per heavy atom. The van der Waals surface area contributed by atoms with Gasteiger partial charge in [0.1, 0.15) is 12.6 Å². The smallest absolute Gasteiger partial charge is 0.410 e. The highest BCUT2D eigenvalue weighted by Crippen LogP contribution is 2.44. The minimum atomic E-state index is -0.970. The number of likely N-dealkylation sites (tertiary alicyclic amines) is 1. The van der Waals surface area contributed by atoms with Crippen molar-refractivity contribution >= 4 is 12.1 Å². The van der Waals surface area contributed by atoms with Gasteiger partial charge in [-0.25, -0.2) is 9.59 Å². The average molecular weight is 351 g/mol. The lowest BCUT2D eigenvalue weighted by Gasteiger charge is -2.26. The quantitative estimate of drug-likeness (QED) is 0.911. The second-order valence-corrected chi connectivity index (χ2v) is 6.99. The standard InChI is InChI=1S/C21H21NO4/c1-13-10-11-19(20(23)24)22(13)21(25)26-12-18-16-8-4-2-6-14(16)15-7-3-5-9-17(15)18/h2-9,13,18-19H,10-12H2,1H3,(H,23,24). The first-order valence-corrected chi connectivity index (χ1v) is 8.94. The van der Waals surface area contributed by atoms with Crippen LogP contribution in [0.3, 0.4) is 0 Å². The summed E-state index contributed by atoms with van der Waals surface area (Å²) in [6, 6.07) is 15.4. The fraction of sp³-hybridized carbons (Fsp3) is 0.333. The van der Waals surface area contributed by atoms with Crippen LogP contribution in [0.4, 0.5) is 4.79 Å². The summed E-state index contributed by atoms with van der Waals surface area (Å²) < 4.78 is 5.60. The highest BCUT2D eigenvalue weighted by Gasteiger charge is 2.40. The first-order chi connectivity index (χ1) is 12.6. The minimum Gasteiger partial charge on any atom is -0.480 e. The van der Waals surface area contributed by atoms with Gasteiger partial charge in [-0.15, -0.1) is 0 Å². The molecule has 1 fully saturated rings. The van der Waals surface area contributed by atoms with Crippen LogP contribution in [0.2, 0.25) is 0 Å². The molecule has 0 bridgehead atoms. The maximum atomic E-state index is 12.6. The van der Waals surface area contributed by atoms with Crippen LogP contribution < -0.4 is 0 Å². The molecule has 5 heteroatoms. The molecule has 2 unspecified atom stereocenters. The number of hydrogen-bond donors (Lipinski definition) is 1. The zero-order valence-electron chi connectivity index (χ0n) is 14.6. The van der Waals surface area contributed by atoms with E-state index in [-0.39, 0.29) is 18.6 Å². The number of hydrogen-bond acceptors (Lipinski definition) is 3. The van der Waals surface area contributed by atoms with E-state index in [1.165, 1.54) is 16.0 Å². The molecule has 1 amide bonds. The van der Waals surface area contributed by atoms with Gasteiger partial charge in [0, 0.05) is 12.0 Å². The van der Waals surface area contributed by atoms with E-state index in [1.54, 1.807) is 0 Å². The van der Waals surface area contributed by atoms with Gasteiger partial charge in [0.05, 0.1) is 0 Å². The Bertz CT molecular complexity index is 817. The van der Waals surface area contributed by atoms with Crippen molar-refractivity contribution in [3.05, 3.63) is 59.7 Å². The van der Waals surface area contributed by atoms with E-state index in [0.717, 1.165) is 11.1 Å². The third-order valence-corrected chi connectivity index (χ3v) is 5.50. The number of carboxylic acids is 1. The summed E-state index contributed by atoms with van der Waals surface area (Å²) in [6.07, 6.45) is 0.617. The van der Waals surface area contributed by atoms with Crippen LogP contribution >= 0.6 is 0 Å². The molecule has 0 spiro atoms. The third-order valence-electron chi connectivity index (χ3n) is 5.50. The van der Waals surface area contributed by atoms with Gasteiger partial charge < -0.3 is 9.84 Å². The molecule has 0 aromatic heterocycles. The van der Waals surface area contributed by atoms with Crippen LogP contribution in [0.5, 0.6) is 0 Å². The predicted octanol–water partition coefficient (Wildman–Crippen LogP) is 3.87.